The second-order valence-electron chi connectivity index (χ2n) is 5.31. The number of carbonyl (C=O) groups excluding carboxylic acids is 1. The van der Waals surface area contributed by atoms with E-state index >= 15 is 0 Å². The molecule has 1 aromatic carbocycles. The van der Waals surface area contributed by atoms with Gasteiger partial charge < -0.3 is 10.1 Å². The molecule has 0 bridgehead atoms. The second kappa shape index (κ2) is 8.58. The minimum absolute atomic E-state index is 0.0428. The number of ether oxygens (including phenoxy) is 1. The predicted molar refractivity (Wildman–Crippen MR) is 95.1 cm³/mol. The third-order valence-electron chi connectivity index (χ3n) is 3.47. The van der Waals surface area contributed by atoms with Crippen molar-refractivity contribution in [1.82, 2.24) is 10.3 Å². The van der Waals surface area contributed by atoms with E-state index in [1.165, 1.54) is 0 Å². The lowest BCUT2D eigenvalue weighted by Crippen LogP contribution is -2.23. The van der Waals surface area contributed by atoms with Gasteiger partial charge in [0.1, 0.15) is 5.75 Å². The van der Waals surface area contributed by atoms with Crippen molar-refractivity contribution in [1.29, 1.82) is 0 Å². The van der Waals surface area contributed by atoms with Crippen molar-refractivity contribution in [2.45, 2.75) is 26.8 Å². The molecule has 5 heteroatoms. The van der Waals surface area contributed by atoms with Gasteiger partial charge in [-0.1, -0.05) is 24.3 Å². The van der Waals surface area contributed by atoms with Crippen molar-refractivity contribution in [3.05, 3.63) is 53.2 Å². The molecule has 0 aliphatic carbocycles. The van der Waals surface area contributed by atoms with E-state index in [-0.39, 0.29) is 5.91 Å². The maximum Gasteiger partial charge on any atom is 0.224 e. The van der Waals surface area contributed by atoms with Gasteiger partial charge in [0.15, 0.2) is 0 Å². The fourth-order valence-corrected chi connectivity index (χ4v) is 2.57. The highest BCUT2D eigenvalue weighted by atomic mass is 32.2. The Balaban J connectivity index is 2.10. The van der Waals surface area contributed by atoms with Crippen molar-refractivity contribution in [2.24, 2.45) is 0 Å². The van der Waals surface area contributed by atoms with Crippen molar-refractivity contribution < 1.29 is 9.53 Å². The smallest absolute Gasteiger partial charge is 0.224 e. The Kier molecular flexibility index (Phi) is 6.47. The molecule has 0 atom stereocenters. The van der Waals surface area contributed by atoms with Crippen LogP contribution in [0.2, 0.25) is 0 Å². The molecule has 1 heterocycles. The molecule has 4 nitrogen and oxygen atoms in total. The molecule has 1 amide bonds. The van der Waals surface area contributed by atoms with Crippen LogP contribution in [0.25, 0.3) is 0 Å². The van der Waals surface area contributed by atoms with Crippen LogP contribution in [0.4, 0.5) is 0 Å². The third-order valence-corrected chi connectivity index (χ3v) is 4.08. The lowest BCUT2D eigenvalue weighted by molar-refractivity contribution is -0.120. The summed E-state index contributed by atoms with van der Waals surface area (Å²) in [5.74, 6) is 2.22. The van der Waals surface area contributed by atoms with Gasteiger partial charge in [0.25, 0.3) is 0 Å². The summed E-state index contributed by atoms with van der Waals surface area (Å²) in [7, 11) is 0. The number of aryl methyl sites for hydroxylation is 2. The van der Waals surface area contributed by atoms with E-state index in [0.29, 0.717) is 18.8 Å². The van der Waals surface area contributed by atoms with Gasteiger partial charge in [-0.05, 0) is 37.3 Å². The molecular weight excluding hydrogens is 308 g/mol. The highest BCUT2D eigenvalue weighted by Crippen LogP contribution is 2.29. The van der Waals surface area contributed by atoms with Crippen LogP contribution in [0.15, 0.2) is 36.5 Å². The van der Waals surface area contributed by atoms with E-state index in [2.05, 4.69) is 10.3 Å². The molecule has 1 N–H and O–H groups in total. The molecule has 23 heavy (non-hydrogen) atoms. The second-order valence-corrected chi connectivity index (χ2v) is 6.30. The first-order valence-electron chi connectivity index (χ1n) is 7.55. The molecule has 0 saturated heterocycles. The summed E-state index contributed by atoms with van der Waals surface area (Å²) in [5.41, 5.74) is 2.99. The molecule has 0 spiro atoms. The number of nitrogens with zero attached hydrogens (tertiary/aromatic N) is 1. The highest BCUT2D eigenvalue weighted by molar-refractivity contribution is 7.98. The number of benzene rings is 1. The largest absolute Gasteiger partial charge is 0.438 e. The van der Waals surface area contributed by atoms with Crippen molar-refractivity contribution >= 4 is 17.7 Å². The van der Waals surface area contributed by atoms with Gasteiger partial charge in [-0.3, -0.25) is 4.79 Å². The third kappa shape index (κ3) is 4.99. The van der Waals surface area contributed by atoms with Crippen molar-refractivity contribution in [2.75, 3.05) is 12.0 Å². The monoisotopic (exact) mass is 330 g/mol. The lowest BCUT2D eigenvalue weighted by atomic mass is 10.1. The minimum Gasteiger partial charge on any atom is -0.438 e. The molecule has 0 radical (unpaired) electrons. The van der Waals surface area contributed by atoms with E-state index < -0.39 is 0 Å². The zero-order chi connectivity index (χ0) is 16.7. The Hall–Kier alpha value is -2.01. The molecule has 0 unspecified atom stereocenters. The van der Waals surface area contributed by atoms with E-state index in [9.17, 15) is 4.79 Å². The number of thioether (sulfide) groups is 1. The maximum atomic E-state index is 11.8. The van der Waals surface area contributed by atoms with Gasteiger partial charge in [0, 0.05) is 30.5 Å². The Labute approximate surface area is 141 Å². The standard InChI is InChI=1S/C18H22N2O2S/c1-13-6-4-7-14(2)17(13)22-18-15(8-5-10-19-18)12-20-16(21)9-11-23-3/h4-8,10H,9,11-12H2,1-3H3,(H,20,21). The Morgan fingerprint density at radius 2 is 1.96 bits per heavy atom. The van der Waals surface area contributed by atoms with Gasteiger partial charge in [-0.25, -0.2) is 4.98 Å². The van der Waals surface area contributed by atoms with E-state index in [1.807, 2.05) is 50.4 Å². The summed E-state index contributed by atoms with van der Waals surface area (Å²) >= 11 is 1.66. The van der Waals surface area contributed by atoms with Gasteiger partial charge in [0.05, 0.1) is 0 Å². The minimum atomic E-state index is 0.0428. The van der Waals surface area contributed by atoms with E-state index in [1.54, 1.807) is 18.0 Å². The first-order chi connectivity index (χ1) is 11.1. The number of para-hydroxylation sites is 1. The van der Waals surface area contributed by atoms with Crippen LogP contribution < -0.4 is 10.1 Å². The molecular formula is C18H22N2O2S. The predicted octanol–water partition coefficient (Wildman–Crippen LogP) is 3.86. The van der Waals surface area contributed by atoms with Crippen LogP contribution in [0.3, 0.4) is 0 Å². The van der Waals surface area contributed by atoms with Crippen LogP contribution in [0, 0.1) is 13.8 Å². The number of hydrogen-bond acceptors (Lipinski definition) is 4. The Bertz CT molecular complexity index is 654. The van der Waals surface area contributed by atoms with Crippen molar-refractivity contribution in [3.8, 4) is 11.6 Å². The summed E-state index contributed by atoms with van der Waals surface area (Å²) < 4.78 is 6.02. The van der Waals surface area contributed by atoms with Crippen LogP contribution in [-0.2, 0) is 11.3 Å². The van der Waals surface area contributed by atoms with Gasteiger partial charge >= 0.3 is 0 Å². The maximum absolute atomic E-state index is 11.8. The van der Waals surface area contributed by atoms with Gasteiger partial charge in [0.2, 0.25) is 11.8 Å². The summed E-state index contributed by atoms with van der Waals surface area (Å²) in [6.45, 7) is 4.44. The molecule has 122 valence electrons. The number of hydrogen-bond donors (Lipinski definition) is 1. The summed E-state index contributed by atoms with van der Waals surface area (Å²) in [4.78, 5) is 16.1. The number of rotatable bonds is 7. The fourth-order valence-electron chi connectivity index (χ4n) is 2.18. The number of nitrogens with one attached hydrogen (secondary N) is 1. The first kappa shape index (κ1) is 17.3. The van der Waals surface area contributed by atoms with Gasteiger partial charge in [-0.15, -0.1) is 0 Å². The molecule has 1 aromatic heterocycles. The summed E-state index contributed by atoms with van der Waals surface area (Å²) in [5, 5.41) is 2.92. The Morgan fingerprint density at radius 1 is 1.22 bits per heavy atom. The van der Waals surface area contributed by atoms with E-state index in [0.717, 1.165) is 28.2 Å². The van der Waals surface area contributed by atoms with Crippen LogP contribution >= 0.6 is 11.8 Å². The molecule has 2 aromatic rings. The van der Waals surface area contributed by atoms with Gasteiger partial charge in [-0.2, -0.15) is 11.8 Å². The number of aromatic nitrogens is 1. The average Bonchev–Trinajstić information content (AvgIpc) is 2.55. The SMILES string of the molecule is CSCCC(=O)NCc1cccnc1Oc1c(C)cccc1C. The first-order valence-corrected chi connectivity index (χ1v) is 8.94. The lowest BCUT2D eigenvalue weighted by Gasteiger charge is -2.14. The summed E-state index contributed by atoms with van der Waals surface area (Å²) in [6, 6.07) is 9.79. The highest BCUT2D eigenvalue weighted by Gasteiger charge is 2.11. The molecule has 0 fully saturated rings. The zero-order valence-corrected chi connectivity index (χ0v) is 14.6. The van der Waals surface area contributed by atoms with Crippen LogP contribution in [0.1, 0.15) is 23.1 Å². The van der Waals surface area contributed by atoms with E-state index in [4.69, 9.17) is 4.74 Å². The topological polar surface area (TPSA) is 51.2 Å². The average molecular weight is 330 g/mol. The molecule has 0 saturated carbocycles. The molecule has 0 aliphatic heterocycles. The fraction of sp³-hybridized carbons (Fsp3) is 0.333. The summed E-state index contributed by atoms with van der Waals surface area (Å²) in [6.07, 6.45) is 4.21. The number of amides is 1. The number of carbonyl (C=O) groups is 1. The molecule has 2 rings (SSSR count). The molecule has 0 aliphatic rings. The van der Waals surface area contributed by atoms with Crippen LogP contribution in [-0.4, -0.2) is 22.9 Å². The van der Waals surface area contributed by atoms with Crippen LogP contribution in [0.5, 0.6) is 11.6 Å². The Morgan fingerprint density at radius 3 is 2.65 bits per heavy atom. The normalized spacial score (nSPS) is 10.4. The number of pyridine rings is 1. The zero-order valence-electron chi connectivity index (χ0n) is 13.8. The van der Waals surface area contributed by atoms with Crippen molar-refractivity contribution in [3.63, 3.8) is 0 Å². The quantitative estimate of drug-likeness (QED) is 0.837.